The lowest BCUT2D eigenvalue weighted by atomic mass is 10.3. The molecule has 1 N–H and O–H groups in total. The lowest BCUT2D eigenvalue weighted by molar-refractivity contribution is -0.138. The van der Waals surface area contributed by atoms with Gasteiger partial charge in [0.15, 0.2) is 0 Å². The molecule has 0 bridgehead atoms. The first-order chi connectivity index (χ1) is 7.68. The van der Waals surface area contributed by atoms with Crippen LogP contribution in [-0.4, -0.2) is 42.7 Å². The highest BCUT2D eigenvalue weighted by Crippen LogP contribution is 2.08. The zero-order chi connectivity index (χ0) is 11.8. The van der Waals surface area contributed by atoms with Gasteiger partial charge in [-0.15, -0.1) is 0 Å². The summed E-state index contributed by atoms with van der Waals surface area (Å²) in [4.78, 5) is 12.2. The summed E-state index contributed by atoms with van der Waals surface area (Å²) < 4.78 is 5.49. The third kappa shape index (κ3) is 5.36. The monoisotopic (exact) mass is 223 g/mol. The average molecular weight is 223 g/mol. The fourth-order valence-electron chi connectivity index (χ4n) is 1.35. The van der Waals surface area contributed by atoms with Gasteiger partial charge in [0.25, 0.3) is 0 Å². The summed E-state index contributed by atoms with van der Waals surface area (Å²) in [6, 6.07) is 9.59. The Morgan fingerprint density at radius 1 is 1.38 bits per heavy atom. The maximum atomic E-state index is 10.4. The SMILES string of the molecule is CN(CCCOc1ccccc1)CC(=O)O. The molecule has 0 aliphatic heterocycles. The lowest BCUT2D eigenvalue weighted by Crippen LogP contribution is -2.27. The molecular formula is C12H17NO3. The molecule has 0 radical (unpaired) electrons. The largest absolute Gasteiger partial charge is 0.494 e. The third-order valence-electron chi connectivity index (χ3n) is 2.10. The number of para-hydroxylation sites is 1. The number of carboxylic acids is 1. The summed E-state index contributed by atoms with van der Waals surface area (Å²) in [5.41, 5.74) is 0. The number of carboxylic acid groups (broad SMARTS) is 1. The Morgan fingerprint density at radius 2 is 2.06 bits per heavy atom. The Bertz CT molecular complexity index is 313. The maximum Gasteiger partial charge on any atom is 0.317 e. The molecule has 0 saturated heterocycles. The highest BCUT2D eigenvalue weighted by molar-refractivity contribution is 5.68. The maximum absolute atomic E-state index is 10.4. The number of benzene rings is 1. The van der Waals surface area contributed by atoms with Crippen LogP contribution < -0.4 is 4.74 Å². The average Bonchev–Trinajstić information content (AvgIpc) is 2.25. The van der Waals surface area contributed by atoms with Gasteiger partial charge in [-0.3, -0.25) is 9.69 Å². The van der Waals surface area contributed by atoms with Crippen LogP contribution in [0.4, 0.5) is 0 Å². The van der Waals surface area contributed by atoms with Gasteiger partial charge in [-0.2, -0.15) is 0 Å². The summed E-state index contributed by atoms with van der Waals surface area (Å²) in [5, 5.41) is 8.55. The van der Waals surface area contributed by atoms with Gasteiger partial charge >= 0.3 is 5.97 Å². The molecule has 0 heterocycles. The molecule has 4 nitrogen and oxygen atoms in total. The minimum Gasteiger partial charge on any atom is -0.494 e. The number of hydrogen-bond donors (Lipinski definition) is 1. The van der Waals surface area contributed by atoms with E-state index < -0.39 is 5.97 Å². The Hall–Kier alpha value is -1.55. The van der Waals surface area contributed by atoms with Crippen molar-refractivity contribution in [1.82, 2.24) is 4.90 Å². The lowest BCUT2D eigenvalue weighted by Gasteiger charge is -2.13. The highest BCUT2D eigenvalue weighted by Gasteiger charge is 2.03. The quantitative estimate of drug-likeness (QED) is 0.711. The summed E-state index contributed by atoms with van der Waals surface area (Å²) in [6.07, 6.45) is 0.818. The molecule has 0 spiro atoms. The van der Waals surface area contributed by atoms with E-state index in [1.165, 1.54) is 0 Å². The Balaban J connectivity index is 2.10. The van der Waals surface area contributed by atoms with Crippen LogP contribution in [0.15, 0.2) is 30.3 Å². The van der Waals surface area contributed by atoms with Crippen LogP contribution in [0.2, 0.25) is 0 Å². The summed E-state index contributed by atoms with van der Waals surface area (Å²) in [5.74, 6) is 0.0508. The predicted octanol–water partition coefficient (Wildman–Crippen LogP) is 1.47. The minimum atomic E-state index is -0.800. The Morgan fingerprint density at radius 3 is 2.69 bits per heavy atom. The van der Waals surface area contributed by atoms with Gasteiger partial charge in [0.2, 0.25) is 0 Å². The number of carbonyl (C=O) groups is 1. The first kappa shape index (κ1) is 12.5. The van der Waals surface area contributed by atoms with Crippen molar-refractivity contribution in [3.05, 3.63) is 30.3 Å². The molecule has 1 aromatic rings. The van der Waals surface area contributed by atoms with Crippen LogP contribution in [-0.2, 0) is 4.79 Å². The minimum absolute atomic E-state index is 0.0747. The number of aliphatic carboxylic acids is 1. The molecule has 0 aliphatic carbocycles. The zero-order valence-corrected chi connectivity index (χ0v) is 9.43. The summed E-state index contributed by atoms with van der Waals surface area (Å²) >= 11 is 0. The molecule has 0 aliphatic rings. The van der Waals surface area contributed by atoms with Crippen LogP contribution >= 0.6 is 0 Å². The fourth-order valence-corrected chi connectivity index (χ4v) is 1.35. The van der Waals surface area contributed by atoms with Gasteiger partial charge in [0.05, 0.1) is 13.2 Å². The predicted molar refractivity (Wildman–Crippen MR) is 61.7 cm³/mol. The summed E-state index contributed by atoms with van der Waals surface area (Å²) in [6.45, 7) is 1.40. The third-order valence-corrected chi connectivity index (χ3v) is 2.10. The van der Waals surface area contributed by atoms with Gasteiger partial charge in [0, 0.05) is 6.54 Å². The van der Waals surface area contributed by atoms with Gasteiger partial charge in [-0.05, 0) is 25.6 Å². The molecule has 0 saturated carbocycles. The number of ether oxygens (including phenoxy) is 1. The van der Waals surface area contributed by atoms with Gasteiger partial charge in [-0.25, -0.2) is 0 Å². The van der Waals surface area contributed by atoms with Gasteiger partial charge < -0.3 is 9.84 Å². The smallest absolute Gasteiger partial charge is 0.317 e. The van der Waals surface area contributed by atoms with E-state index in [9.17, 15) is 4.79 Å². The van der Waals surface area contributed by atoms with E-state index in [2.05, 4.69) is 0 Å². The molecule has 88 valence electrons. The molecule has 0 fully saturated rings. The van der Waals surface area contributed by atoms with E-state index in [1.54, 1.807) is 11.9 Å². The second-order valence-electron chi connectivity index (χ2n) is 3.65. The van der Waals surface area contributed by atoms with Crippen molar-refractivity contribution in [1.29, 1.82) is 0 Å². The van der Waals surface area contributed by atoms with Crippen molar-refractivity contribution in [3.63, 3.8) is 0 Å². The Kier molecular flexibility index (Phi) is 5.36. The van der Waals surface area contributed by atoms with Crippen LogP contribution in [0, 0.1) is 0 Å². The fraction of sp³-hybridized carbons (Fsp3) is 0.417. The van der Waals surface area contributed by atoms with E-state index in [4.69, 9.17) is 9.84 Å². The molecule has 4 heteroatoms. The number of nitrogens with zero attached hydrogens (tertiary/aromatic N) is 1. The van der Waals surface area contributed by atoms with Crippen molar-refractivity contribution in [2.45, 2.75) is 6.42 Å². The van der Waals surface area contributed by atoms with Gasteiger partial charge in [0.1, 0.15) is 5.75 Å². The van der Waals surface area contributed by atoms with Crippen LogP contribution in [0.3, 0.4) is 0 Å². The number of rotatable bonds is 7. The van der Waals surface area contributed by atoms with Crippen molar-refractivity contribution >= 4 is 5.97 Å². The van der Waals surface area contributed by atoms with E-state index in [1.807, 2.05) is 30.3 Å². The van der Waals surface area contributed by atoms with Crippen molar-refractivity contribution in [2.75, 3.05) is 26.7 Å². The molecule has 0 amide bonds. The second-order valence-corrected chi connectivity index (χ2v) is 3.65. The normalized spacial score (nSPS) is 10.4. The zero-order valence-electron chi connectivity index (χ0n) is 9.43. The van der Waals surface area contributed by atoms with Crippen LogP contribution in [0.25, 0.3) is 0 Å². The number of hydrogen-bond acceptors (Lipinski definition) is 3. The van der Waals surface area contributed by atoms with Gasteiger partial charge in [-0.1, -0.05) is 18.2 Å². The van der Waals surface area contributed by atoms with Crippen molar-refractivity contribution in [3.8, 4) is 5.75 Å². The first-order valence-electron chi connectivity index (χ1n) is 5.26. The topological polar surface area (TPSA) is 49.8 Å². The Labute approximate surface area is 95.5 Å². The molecule has 0 atom stereocenters. The van der Waals surface area contributed by atoms with E-state index in [-0.39, 0.29) is 6.54 Å². The van der Waals surface area contributed by atoms with Crippen molar-refractivity contribution in [2.24, 2.45) is 0 Å². The number of likely N-dealkylation sites (N-methyl/N-ethyl adjacent to an activating group) is 1. The molecule has 1 aromatic carbocycles. The molecule has 16 heavy (non-hydrogen) atoms. The van der Waals surface area contributed by atoms with E-state index in [0.717, 1.165) is 18.7 Å². The molecule has 0 unspecified atom stereocenters. The second kappa shape index (κ2) is 6.85. The highest BCUT2D eigenvalue weighted by atomic mass is 16.5. The molecule has 0 aromatic heterocycles. The standard InChI is InChI=1S/C12H17NO3/c1-13(10-12(14)15)8-5-9-16-11-6-3-2-4-7-11/h2-4,6-7H,5,8-10H2,1H3,(H,14,15). The van der Waals surface area contributed by atoms with E-state index in [0.29, 0.717) is 6.61 Å². The molecular weight excluding hydrogens is 206 g/mol. The van der Waals surface area contributed by atoms with E-state index >= 15 is 0 Å². The van der Waals surface area contributed by atoms with Crippen LogP contribution in [0.1, 0.15) is 6.42 Å². The van der Waals surface area contributed by atoms with Crippen molar-refractivity contribution < 1.29 is 14.6 Å². The molecule has 1 rings (SSSR count). The summed E-state index contributed by atoms with van der Waals surface area (Å²) in [7, 11) is 1.79. The van der Waals surface area contributed by atoms with Crippen LogP contribution in [0.5, 0.6) is 5.75 Å². The first-order valence-corrected chi connectivity index (χ1v) is 5.26.